The van der Waals surface area contributed by atoms with Gasteiger partial charge >= 0.3 is 0 Å². The molecule has 4 heterocycles. The number of amides is 3. The minimum Gasteiger partial charge on any atom is -0.425 e. The smallest absolute Gasteiger partial charge is 0.283 e. The van der Waals surface area contributed by atoms with Crippen molar-refractivity contribution < 1.29 is 35.2 Å². The molecule has 0 atom stereocenters. The number of hydrogen-bond acceptors (Lipinski definition) is 12. The fourth-order valence-corrected chi connectivity index (χ4v) is 5.47. The summed E-state index contributed by atoms with van der Waals surface area (Å²) in [4.78, 5) is 77.4. The van der Waals surface area contributed by atoms with E-state index in [2.05, 4.69) is 23.8 Å². The summed E-state index contributed by atoms with van der Waals surface area (Å²) in [6.45, 7) is 9.22. The van der Waals surface area contributed by atoms with E-state index in [4.69, 9.17) is 0 Å². The minimum atomic E-state index is -0.793. The third-order valence-electron chi connectivity index (χ3n) is 8.37. The van der Waals surface area contributed by atoms with Gasteiger partial charge in [-0.05, 0) is 56.0 Å². The molecular formula is C36H42N8O10. The Bertz CT molecular complexity index is 2130. The summed E-state index contributed by atoms with van der Waals surface area (Å²) in [7, 11) is 0. The van der Waals surface area contributed by atoms with Gasteiger partial charge in [0.05, 0.1) is 17.1 Å². The molecule has 0 aromatic carbocycles. The van der Waals surface area contributed by atoms with Gasteiger partial charge in [-0.2, -0.15) is 0 Å². The number of carbonyl (C=O) groups excluding carboxylic acids is 3. The summed E-state index contributed by atoms with van der Waals surface area (Å²) in [6, 6.07) is 11.2. The van der Waals surface area contributed by atoms with Gasteiger partial charge in [0.15, 0.2) is 0 Å². The van der Waals surface area contributed by atoms with Crippen LogP contribution in [0.1, 0.15) is 57.1 Å². The molecule has 3 aromatic rings. The molecule has 0 unspecified atom stereocenters. The predicted octanol–water partition coefficient (Wildman–Crippen LogP) is 1.22. The zero-order valence-electron chi connectivity index (χ0n) is 29.3. The molecule has 18 nitrogen and oxygen atoms in total. The molecule has 0 bridgehead atoms. The lowest BCUT2D eigenvalue weighted by atomic mass is 10.1. The van der Waals surface area contributed by atoms with Crippen molar-refractivity contribution in [1.29, 1.82) is 0 Å². The Morgan fingerprint density at radius 1 is 0.630 bits per heavy atom. The predicted molar refractivity (Wildman–Crippen MR) is 193 cm³/mol. The fourth-order valence-electron chi connectivity index (χ4n) is 5.47. The first kappa shape index (κ1) is 40.0. The Hall–Kier alpha value is -6.82. The van der Waals surface area contributed by atoms with Crippen LogP contribution in [0.2, 0.25) is 0 Å². The number of pyridine rings is 3. The second-order valence-electron chi connectivity index (χ2n) is 12.0. The lowest BCUT2D eigenvalue weighted by molar-refractivity contribution is -0.0157. The van der Waals surface area contributed by atoms with E-state index in [1.807, 2.05) is 4.90 Å². The van der Waals surface area contributed by atoms with E-state index < -0.39 is 34.4 Å². The summed E-state index contributed by atoms with van der Waals surface area (Å²) in [6.07, 6.45) is 6.54. The van der Waals surface area contributed by atoms with Crippen LogP contribution in [0.25, 0.3) is 0 Å². The SMILES string of the molecule is C=C(C1=CC=CC(=C)N1O)N(CCCCN(CCCNC(=O)c1cccc(=O)n1O)C(=O)c1cccc(=O)n1O)CCCNC(=O)c1cccc(=O)n1O. The number of hydrogen-bond donors (Lipinski definition) is 6. The van der Waals surface area contributed by atoms with Crippen LogP contribution in [0.4, 0.5) is 0 Å². The molecule has 3 aromatic heterocycles. The highest BCUT2D eigenvalue weighted by Crippen LogP contribution is 2.24. The highest BCUT2D eigenvalue weighted by molar-refractivity contribution is 5.93. The molecule has 18 heteroatoms. The largest absolute Gasteiger partial charge is 0.425 e. The topological polar surface area (TPSA) is 232 Å². The van der Waals surface area contributed by atoms with Crippen molar-refractivity contribution in [1.82, 2.24) is 39.7 Å². The summed E-state index contributed by atoms with van der Waals surface area (Å²) >= 11 is 0. The third kappa shape index (κ3) is 9.94. The number of aromatic nitrogens is 3. The Kier molecular flexibility index (Phi) is 13.8. The number of rotatable bonds is 18. The molecule has 1 aliphatic rings. The van der Waals surface area contributed by atoms with Crippen LogP contribution >= 0.6 is 0 Å². The fraction of sp³-hybridized carbons (Fsp3) is 0.278. The van der Waals surface area contributed by atoms with Crippen molar-refractivity contribution in [3.8, 4) is 0 Å². The van der Waals surface area contributed by atoms with Crippen molar-refractivity contribution in [2.24, 2.45) is 0 Å². The average Bonchev–Trinajstić information content (AvgIpc) is 3.15. The molecule has 54 heavy (non-hydrogen) atoms. The molecule has 0 fully saturated rings. The zero-order chi connectivity index (χ0) is 39.4. The monoisotopic (exact) mass is 746 g/mol. The maximum Gasteiger partial charge on any atom is 0.283 e. The molecular weight excluding hydrogens is 704 g/mol. The van der Waals surface area contributed by atoms with Crippen molar-refractivity contribution in [2.75, 3.05) is 39.3 Å². The highest BCUT2D eigenvalue weighted by atomic mass is 16.5. The van der Waals surface area contributed by atoms with Crippen molar-refractivity contribution in [3.05, 3.63) is 151 Å². The lowest BCUT2D eigenvalue weighted by Gasteiger charge is -2.33. The molecule has 6 N–H and O–H groups in total. The van der Waals surface area contributed by atoms with Gasteiger partial charge < -0.3 is 36.1 Å². The van der Waals surface area contributed by atoms with Gasteiger partial charge in [-0.3, -0.25) is 34.0 Å². The standard InChI is InChI=1S/C36H42N8O10/c1-25-11-5-12-27(41(25)51)26(2)39(23-9-19-37-34(48)28-13-6-16-31(45)42(28)52)21-3-4-22-40(36(50)30-15-8-18-33(47)44(30)54)24-10-20-38-35(49)29-14-7-17-32(46)43(29)53/h5-8,11-18,51-54H,1-4,9-10,19-24H2,(H,37,48)(H,38,49). The number of nitrogens with one attached hydrogen (secondary N) is 2. The number of unbranched alkanes of at least 4 members (excludes halogenated alkanes) is 1. The van der Waals surface area contributed by atoms with Gasteiger partial charge in [-0.1, -0.05) is 37.4 Å². The van der Waals surface area contributed by atoms with Gasteiger partial charge in [-0.15, -0.1) is 14.2 Å². The van der Waals surface area contributed by atoms with Crippen molar-refractivity contribution in [2.45, 2.75) is 25.7 Å². The molecule has 3 amide bonds. The number of carbonyl (C=O) groups is 3. The molecule has 0 saturated carbocycles. The van der Waals surface area contributed by atoms with Crippen LogP contribution in [0.15, 0.2) is 117 Å². The molecule has 0 radical (unpaired) electrons. The van der Waals surface area contributed by atoms with Gasteiger partial charge in [0.2, 0.25) is 0 Å². The zero-order valence-corrected chi connectivity index (χ0v) is 29.3. The van der Waals surface area contributed by atoms with E-state index in [0.717, 1.165) is 23.3 Å². The van der Waals surface area contributed by atoms with Crippen LogP contribution < -0.4 is 27.3 Å². The average molecular weight is 747 g/mol. The minimum absolute atomic E-state index is 0.0592. The first-order valence-electron chi connectivity index (χ1n) is 16.9. The normalized spacial score (nSPS) is 12.2. The van der Waals surface area contributed by atoms with E-state index in [1.54, 1.807) is 18.2 Å². The molecule has 4 rings (SSSR count). The molecule has 0 spiro atoms. The maximum atomic E-state index is 13.5. The second-order valence-corrected chi connectivity index (χ2v) is 12.0. The molecule has 0 saturated heterocycles. The summed E-state index contributed by atoms with van der Waals surface area (Å²) in [5.41, 5.74) is -1.92. The Labute approximate surface area is 308 Å². The summed E-state index contributed by atoms with van der Waals surface area (Å²) in [5.74, 6) is -1.99. The highest BCUT2D eigenvalue weighted by Gasteiger charge is 2.22. The molecule has 286 valence electrons. The van der Waals surface area contributed by atoms with E-state index in [1.165, 1.54) is 41.3 Å². The number of hydroxylamine groups is 2. The van der Waals surface area contributed by atoms with Crippen LogP contribution in [0.5, 0.6) is 0 Å². The maximum absolute atomic E-state index is 13.5. The quantitative estimate of drug-likeness (QED) is 0.0797. The second kappa shape index (κ2) is 18.6. The van der Waals surface area contributed by atoms with Crippen LogP contribution in [-0.2, 0) is 0 Å². The lowest BCUT2D eigenvalue weighted by Crippen LogP contribution is -2.38. The van der Waals surface area contributed by atoms with Crippen molar-refractivity contribution >= 4 is 17.7 Å². The van der Waals surface area contributed by atoms with E-state index in [0.29, 0.717) is 49.4 Å². The summed E-state index contributed by atoms with van der Waals surface area (Å²) < 4.78 is 0.747. The van der Waals surface area contributed by atoms with Crippen molar-refractivity contribution in [3.63, 3.8) is 0 Å². The Morgan fingerprint density at radius 3 is 1.57 bits per heavy atom. The van der Waals surface area contributed by atoms with Gasteiger partial charge in [0.25, 0.3) is 34.4 Å². The van der Waals surface area contributed by atoms with Crippen LogP contribution in [-0.4, -0.2) is 107 Å². The van der Waals surface area contributed by atoms with Gasteiger partial charge in [0, 0.05) is 57.5 Å². The van der Waals surface area contributed by atoms with Crippen LogP contribution in [0.3, 0.4) is 0 Å². The number of allylic oxidation sites excluding steroid dienone is 3. The van der Waals surface area contributed by atoms with Gasteiger partial charge in [-0.25, -0.2) is 5.06 Å². The first-order valence-corrected chi connectivity index (χ1v) is 16.9. The Morgan fingerprint density at radius 2 is 1.06 bits per heavy atom. The third-order valence-corrected chi connectivity index (χ3v) is 8.37. The van der Waals surface area contributed by atoms with E-state index in [9.17, 15) is 49.6 Å². The van der Waals surface area contributed by atoms with Gasteiger partial charge in [0.1, 0.15) is 17.1 Å². The van der Waals surface area contributed by atoms with E-state index in [-0.39, 0.29) is 63.9 Å². The number of nitrogens with zero attached hydrogens (tertiary/aromatic N) is 6. The summed E-state index contributed by atoms with van der Waals surface area (Å²) in [5, 5.41) is 46.8. The first-order chi connectivity index (χ1) is 25.8. The Balaban J connectivity index is 1.40. The molecule has 0 aliphatic carbocycles. The van der Waals surface area contributed by atoms with E-state index >= 15 is 0 Å². The molecule has 1 aliphatic heterocycles. The van der Waals surface area contributed by atoms with Crippen LogP contribution in [0, 0.1) is 0 Å².